The predicted octanol–water partition coefficient (Wildman–Crippen LogP) is 3.04. The third kappa shape index (κ3) is 3.14. The molecule has 6 nitrogen and oxygen atoms in total. The first-order valence-electron chi connectivity index (χ1n) is 8.01. The largest absolute Gasteiger partial charge is 0.396 e. The number of nitro groups is 1. The molecular weight excluding hydrogens is 315 g/mol. The van der Waals surface area contributed by atoms with E-state index in [1.165, 1.54) is 12.1 Å². The van der Waals surface area contributed by atoms with Gasteiger partial charge in [-0.1, -0.05) is 0 Å². The molecule has 0 spiro atoms. The highest BCUT2D eigenvalue weighted by atomic mass is 19.1. The van der Waals surface area contributed by atoms with Gasteiger partial charge in [-0.15, -0.1) is 0 Å². The van der Waals surface area contributed by atoms with Gasteiger partial charge in [-0.2, -0.15) is 4.39 Å². The van der Waals surface area contributed by atoms with Gasteiger partial charge in [-0.05, 0) is 26.3 Å². The molecule has 1 aliphatic rings. The SMILES string of the molecule is CC1(C)C[C@H](Cn2c(CCO)cc3cc([N+](=O)[O-])c(F)cc32)CO1. The zero-order chi connectivity index (χ0) is 17.5. The number of nitro benzene ring substituents is 1. The van der Waals surface area contributed by atoms with Crippen LogP contribution in [0.3, 0.4) is 0 Å². The molecule has 24 heavy (non-hydrogen) atoms. The lowest BCUT2D eigenvalue weighted by Crippen LogP contribution is -2.18. The highest BCUT2D eigenvalue weighted by Crippen LogP contribution is 2.33. The van der Waals surface area contributed by atoms with Gasteiger partial charge in [0.05, 0.1) is 22.6 Å². The maximum Gasteiger partial charge on any atom is 0.305 e. The fourth-order valence-corrected chi connectivity index (χ4v) is 3.54. The zero-order valence-electron chi connectivity index (χ0n) is 13.8. The molecule has 0 amide bonds. The Balaban J connectivity index is 2.02. The third-order valence-electron chi connectivity index (χ3n) is 4.55. The lowest BCUT2D eigenvalue weighted by molar-refractivity contribution is -0.387. The first-order chi connectivity index (χ1) is 11.3. The monoisotopic (exact) mass is 336 g/mol. The quantitative estimate of drug-likeness (QED) is 0.672. The van der Waals surface area contributed by atoms with Crippen LogP contribution in [0.15, 0.2) is 18.2 Å². The molecule has 130 valence electrons. The minimum Gasteiger partial charge on any atom is -0.396 e. The Kier molecular flexibility index (Phi) is 4.31. The average Bonchev–Trinajstić information content (AvgIpc) is 2.99. The van der Waals surface area contributed by atoms with E-state index in [4.69, 9.17) is 4.74 Å². The standard InChI is InChI=1S/C17H21FN2O4/c1-17(2)8-11(10-24-17)9-19-13(3-4-21)5-12-6-16(20(22)23)14(18)7-15(12)19/h5-7,11,21H,3-4,8-10H2,1-2H3/t11-/m1/s1. The summed E-state index contributed by atoms with van der Waals surface area (Å²) >= 11 is 0. The van der Waals surface area contributed by atoms with Crippen LogP contribution in [0.4, 0.5) is 10.1 Å². The molecule has 0 radical (unpaired) electrons. The summed E-state index contributed by atoms with van der Waals surface area (Å²) < 4.78 is 21.8. The van der Waals surface area contributed by atoms with Gasteiger partial charge in [0.1, 0.15) is 0 Å². The topological polar surface area (TPSA) is 77.5 Å². The summed E-state index contributed by atoms with van der Waals surface area (Å²) in [6.45, 7) is 5.31. The fraction of sp³-hybridized carbons (Fsp3) is 0.529. The molecule has 1 aromatic heterocycles. The van der Waals surface area contributed by atoms with Crippen molar-refractivity contribution >= 4 is 16.6 Å². The number of hydrogen-bond acceptors (Lipinski definition) is 4. The van der Waals surface area contributed by atoms with E-state index in [9.17, 15) is 19.6 Å². The minimum absolute atomic E-state index is 0.0342. The molecule has 1 saturated heterocycles. The highest BCUT2D eigenvalue weighted by molar-refractivity contribution is 5.84. The van der Waals surface area contributed by atoms with Gasteiger partial charge < -0.3 is 14.4 Å². The Morgan fingerprint density at radius 1 is 1.46 bits per heavy atom. The van der Waals surface area contributed by atoms with E-state index in [2.05, 4.69) is 0 Å². The number of halogens is 1. The molecule has 3 rings (SSSR count). The number of aromatic nitrogens is 1. The van der Waals surface area contributed by atoms with Crippen LogP contribution in [0.25, 0.3) is 10.9 Å². The number of aliphatic hydroxyl groups is 1. The second-order valence-corrected chi connectivity index (χ2v) is 6.98. The second-order valence-electron chi connectivity index (χ2n) is 6.98. The van der Waals surface area contributed by atoms with Crippen LogP contribution in [-0.4, -0.2) is 33.4 Å². The fourth-order valence-electron chi connectivity index (χ4n) is 3.54. The lowest BCUT2D eigenvalue weighted by Gasteiger charge is -2.17. The number of ether oxygens (including phenoxy) is 1. The van der Waals surface area contributed by atoms with E-state index in [-0.39, 0.29) is 18.1 Å². The normalized spacial score (nSPS) is 19.9. The average molecular weight is 336 g/mol. The van der Waals surface area contributed by atoms with E-state index >= 15 is 0 Å². The first kappa shape index (κ1) is 16.9. The Hall–Kier alpha value is -1.99. The number of benzene rings is 1. The zero-order valence-corrected chi connectivity index (χ0v) is 13.8. The van der Waals surface area contributed by atoms with Crippen molar-refractivity contribution in [1.82, 2.24) is 4.57 Å². The van der Waals surface area contributed by atoms with E-state index in [1.807, 2.05) is 18.4 Å². The smallest absolute Gasteiger partial charge is 0.305 e. The van der Waals surface area contributed by atoms with Crippen LogP contribution >= 0.6 is 0 Å². The van der Waals surface area contributed by atoms with Gasteiger partial charge in [-0.25, -0.2) is 0 Å². The summed E-state index contributed by atoms with van der Waals surface area (Å²) in [5, 5.41) is 20.8. The van der Waals surface area contributed by atoms with E-state index in [1.54, 1.807) is 6.07 Å². The molecule has 0 aliphatic carbocycles. The van der Waals surface area contributed by atoms with Crippen molar-refractivity contribution in [2.45, 2.75) is 38.8 Å². The predicted molar refractivity (Wildman–Crippen MR) is 87.5 cm³/mol. The van der Waals surface area contributed by atoms with Crippen LogP contribution in [0, 0.1) is 21.8 Å². The van der Waals surface area contributed by atoms with Crippen LogP contribution in [0.1, 0.15) is 26.0 Å². The maximum atomic E-state index is 14.1. The number of hydrogen-bond donors (Lipinski definition) is 1. The molecule has 1 fully saturated rings. The number of fused-ring (bicyclic) bond motifs is 1. The summed E-state index contributed by atoms with van der Waals surface area (Å²) in [6.07, 6.45) is 1.31. The van der Waals surface area contributed by atoms with E-state index in [0.717, 1.165) is 12.1 Å². The van der Waals surface area contributed by atoms with Crippen molar-refractivity contribution in [3.05, 3.63) is 39.8 Å². The van der Waals surface area contributed by atoms with Crippen LogP contribution in [0.5, 0.6) is 0 Å². The first-order valence-corrected chi connectivity index (χ1v) is 8.01. The molecule has 1 N–H and O–H groups in total. The Labute approximate surface area is 139 Å². The van der Waals surface area contributed by atoms with Crippen molar-refractivity contribution in [1.29, 1.82) is 0 Å². The van der Waals surface area contributed by atoms with Crippen LogP contribution in [-0.2, 0) is 17.7 Å². The molecule has 7 heteroatoms. The summed E-state index contributed by atoms with van der Waals surface area (Å²) in [6, 6.07) is 4.27. The van der Waals surface area contributed by atoms with Gasteiger partial charge >= 0.3 is 5.69 Å². The lowest BCUT2D eigenvalue weighted by atomic mass is 9.98. The molecular formula is C17H21FN2O4. The van der Waals surface area contributed by atoms with E-state index < -0.39 is 16.4 Å². The molecule has 0 unspecified atom stereocenters. The van der Waals surface area contributed by atoms with Crippen molar-refractivity contribution in [3.63, 3.8) is 0 Å². The van der Waals surface area contributed by atoms with Gasteiger partial charge in [-0.3, -0.25) is 10.1 Å². The molecule has 0 bridgehead atoms. The summed E-state index contributed by atoms with van der Waals surface area (Å²) in [7, 11) is 0. The second kappa shape index (κ2) is 6.14. The minimum atomic E-state index is -0.842. The van der Waals surface area contributed by atoms with Crippen LogP contribution < -0.4 is 0 Å². The number of aliphatic hydroxyl groups excluding tert-OH is 1. The Morgan fingerprint density at radius 3 is 2.79 bits per heavy atom. The number of nitrogens with zero attached hydrogens (tertiary/aromatic N) is 2. The summed E-state index contributed by atoms with van der Waals surface area (Å²) in [5.74, 6) is -0.559. The molecule has 0 saturated carbocycles. The molecule has 2 heterocycles. The summed E-state index contributed by atoms with van der Waals surface area (Å²) in [5.41, 5.74) is 0.762. The van der Waals surface area contributed by atoms with Crippen molar-refractivity contribution < 1.29 is 19.2 Å². The highest BCUT2D eigenvalue weighted by Gasteiger charge is 2.32. The molecule has 1 aromatic carbocycles. The molecule has 1 aliphatic heterocycles. The molecule has 2 aromatic rings. The Bertz CT molecular complexity index is 784. The van der Waals surface area contributed by atoms with Crippen molar-refractivity contribution in [2.24, 2.45) is 5.92 Å². The van der Waals surface area contributed by atoms with Gasteiger partial charge in [0.25, 0.3) is 0 Å². The maximum absolute atomic E-state index is 14.1. The Morgan fingerprint density at radius 2 is 2.21 bits per heavy atom. The third-order valence-corrected chi connectivity index (χ3v) is 4.55. The van der Waals surface area contributed by atoms with E-state index in [0.29, 0.717) is 30.5 Å². The van der Waals surface area contributed by atoms with Gasteiger partial charge in [0.15, 0.2) is 0 Å². The van der Waals surface area contributed by atoms with Gasteiger partial charge in [0, 0.05) is 48.7 Å². The van der Waals surface area contributed by atoms with Crippen molar-refractivity contribution in [2.75, 3.05) is 13.2 Å². The molecule has 1 atom stereocenters. The number of rotatable bonds is 5. The van der Waals surface area contributed by atoms with Crippen molar-refractivity contribution in [3.8, 4) is 0 Å². The summed E-state index contributed by atoms with van der Waals surface area (Å²) in [4.78, 5) is 10.2. The van der Waals surface area contributed by atoms with Gasteiger partial charge in [0.2, 0.25) is 5.82 Å². The van der Waals surface area contributed by atoms with Crippen LogP contribution in [0.2, 0.25) is 0 Å².